The molecule has 2 N–H and O–H groups in total. The molecular weight excluding hydrogens is 216 g/mol. The van der Waals surface area contributed by atoms with Gasteiger partial charge in [0.25, 0.3) is 0 Å². The zero-order valence-corrected chi connectivity index (χ0v) is 10.5. The second-order valence-corrected chi connectivity index (χ2v) is 5.42. The maximum atomic E-state index is 12.0. The van der Waals surface area contributed by atoms with Gasteiger partial charge in [-0.1, -0.05) is 19.3 Å². The normalized spacial score (nSPS) is 24.8. The molecule has 2 aliphatic rings. The third-order valence-corrected chi connectivity index (χ3v) is 4.12. The summed E-state index contributed by atoms with van der Waals surface area (Å²) >= 11 is 0. The molecular formula is C13H24N2O2. The Morgan fingerprint density at radius 1 is 1.12 bits per heavy atom. The number of nitrogens with zero attached hydrogens (tertiary/aromatic N) is 1. The molecule has 0 aromatic heterocycles. The number of hydrogen-bond donors (Lipinski definition) is 2. The van der Waals surface area contributed by atoms with E-state index in [0.717, 1.165) is 38.8 Å². The standard InChI is InChI=1S/C13H24N2O2/c16-10-11-6-8-15(9-7-11)14-13(17)12-4-2-1-3-5-12/h11-12,16H,1-10H2,(H,14,17). The lowest BCUT2D eigenvalue weighted by Crippen LogP contribution is -2.49. The number of carbonyl (C=O) groups is 1. The molecule has 98 valence electrons. The number of piperidine rings is 1. The van der Waals surface area contributed by atoms with Crippen molar-refractivity contribution < 1.29 is 9.90 Å². The number of aliphatic hydroxyl groups excluding tert-OH is 1. The summed E-state index contributed by atoms with van der Waals surface area (Å²) in [6.07, 6.45) is 7.77. The van der Waals surface area contributed by atoms with Crippen molar-refractivity contribution >= 4 is 5.91 Å². The predicted molar refractivity (Wildman–Crippen MR) is 66.1 cm³/mol. The molecule has 0 aromatic carbocycles. The van der Waals surface area contributed by atoms with E-state index in [0.29, 0.717) is 5.92 Å². The van der Waals surface area contributed by atoms with Gasteiger partial charge < -0.3 is 5.11 Å². The monoisotopic (exact) mass is 240 g/mol. The summed E-state index contributed by atoms with van der Waals surface area (Å²) in [5.41, 5.74) is 3.05. The number of aliphatic hydroxyl groups is 1. The van der Waals surface area contributed by atoms with Gasteiger partial charge in [-0.25, -0.2) is 5.01 Å². The minimum atomic E-state index is 0.215. The number of amides is 1. The smallest absolute Gasteiger partial charge is 0.237 e. The van der Waals surface area contributed by atoms with Crippen molar-refractivity contribution in [1.82, 2.24) is 10.4 Å². The van der Waals surface area contributed by atoms with Gasteiger partial charge >= 0.3 is 0 Å². The Labute approximate surface area is 103 Å². The Bertz CT molecular complexity index is 244. The Balaban J connectivity index is 1.71. The number of hydrogen-bond acceptors (Lipinski definition) is 3. The maximum Gasteiger partial charge on any atom is 0.237 e. The molecule has 17 heavy (non-hydrogen) atoms. The molecule has 1 amide bonds. The van der Waals surface area contributed by atoms with Crippen LogP contribution in [0.1, 0.15) is 44.9 Å². The summed E-state index contributed by atoms with van der Waals surface area (Å²) in [5, 5.41) is 11.1. The summed E-state index contributed by atoms with van der Waals surface area (Å²) in [4.78, 5) is 12.0. The Hall–Kier alpha value is -0.610. The van der Waals surface area contributed by atoms with Crippen LogP contribution < -0.4 is 5.43 Å². The molecule has 0 aromatic rings. The molecule has 0 atom stereocenters. The molecule has 4 nitrogen and oxygen atoms in total. The fourth-order valence-corrected chi connectivity index (χ4v) is 2.84. The van der Waals surface area contributed by atoms with Gasteiger partial charge in [0, 0.05) is 25.6 Å². The molecule has 1 aliphatic heterocycles. The van der Waals surface area contributed by atoms with Crippen LogP contribution in [0.3, 0.4) is 0 Å². The molecule has 0 radical (unpaired) electrons. The van der Waals surface area contributed by atoms with Gasteiger partial charge in [-0.05, 0) is 31.6 Å². The average Bonchev–Trinajstić information content (AvgIpc) is 2.40. The highest BCUT2D eigenvalue weighted by Gasteiger charge is 2.24. The summed E-state index contributed by atoms with van der Waals surface area (Å²) in [6, 6.07) is 0. The van der Waals surface area contributed by atoms with E-state index in [9.17, 15) is 4.79 Å². The lowest BCUT2D eigenvalue weighted by atomic mass is 9.89. The second-order valence-electron chi connectivity index (χ2n) is 5.42. The first-order chi connectivity index (χ1) is 8.29. The molecule has 2 rings (SSSR count). The molecule has 1 heterocycles. The van der Waals surface area contributed by atoms with Crippen molar-refractivity contribution in [2.45, 2.75) is 44.9 Å². The number of hydrazine groups is 1. The second kappa shape index (κ2) is 6.36. The van der Waals surface area contributed by atoms with E-state index in [1.54, 1.807) is 0 Å². The van der Waals surface area contributed by atoms with Crippen molar-refractivity contribution in [3.05, 3.63) is 0 Å². The average molecular weight is 240 g/mol. The van der Waals surface area contributed by atoms with Crippen LogP contribution in [0, 0.1) is 11.8 Å². The van der Waals surface area contributed by atoms with Crippen LogP contribution in [-0.2, 0) is 4.79 Å². The highest BCUT2D eigenvalue weighted by Crippen LogP contribution is 2.24. The fraction of sp³-hybridized carbons (Fsp3) is 0.923. The summed E-state index contributed by atoms with van der Waals surface area (Å²) in [5.74, 6) is 0.879. The number of nitrogens with one attached hydrogen (secondary N) is 1. The van der Waals surface area contributed by atoms with Crippen molar-refractivity contribution in [2.75, 3.05) is 19.7 Å². The van der Waals surface area contributed by atoms with Gasteiger partial charge in [0.1, 0.15) is 0 Å². The highest BCUT2D eigenvalue weighted by atomic mass is 16.3. The molecule has 1 aliphatic carbocycles. The fourth-order valence-electron chi connectivity index (χ4n) is 2.84. The Morgan fingerprint density at radius 2 is 1.76 bits per heavy atom. The molecule has 2 fully saturated rings. The zero-order chi connectivity index (χ0) is 12.1. The van der Waals surface area contributed by atoms with Crippen LogP contribution in [0.2, 0.25) is 0 Å². The zero-order valence-electron chi connectivity index (χ0n) is 10.5. The van der Waals surface area contributed by atoms with Gasteiger partial charge in [0.15, 0.2) is 0 Å². The van der Waals surface area contributed by atoms with Crippen LogP contribution in [0.5, 0.6) is 0 Å². The van der Waals surface area contributed by atoms with E-state index in [4.69, 9.17) is 5.11 Å². The van der Waals surface area contributed by atoms with E-state index in [2.05, 4.69) is 5.43 Å². The van der Waals surface area contributed by atoms with Crippen LogP contribution in [-0.4, -0.2) is 35.7 Å². The quantitative estimate of drug-likeness (QED) is 0.782. The lowest BCUT2D eigenvalue weighted by molar-refractivity contribution is -0.131. The third kappa shape index (κ3) is 3.68. The van der Waals surface area contributed by atoms with Gasteiger partial charge in [0.05, 0.1) is 0 Å². The number of rotatable bonds is 3. The lowest BCUT2D eigenvalue weighted by Gasteiger charge is -2.32. The van der Waals surface area contributed by atoms with Crippen LogP contribution in [0.15, 0.2) is 0 Å². The van der Waals surface area contributed by atoms with Crippen molar-refractivity contribution in [3.63, 3.8) is 0 Å². The molecule has 1 saturated carbocycles. The van der Waals surface area contributed by atoms with E-state index in [1.807, 2.05) is 5.01 Å². The Kier molecular flexibility index (Phi) is 4.80. The molecule has 0 spiro atoms. The molecule has 4 heteroatoms. The van der Waals surface area contributed by atoms with Gasteiger partial charge in [-0.2, -0.15) is 0 Å². The third-order valence-electron chi connectivity index (χ3n) is 4.12. The van der Waals surface area contributed by atoms with Crippen LogP contribution in [0.4, 0.5) is 0 Å². The maximum absolute atomic E-state index is 12.0. The largest absolute Gasteiger partial charge is 0.396 e. The van der Waals surface area contributed by atoms with Crippen molar-refractivity contribution in [3.8, 4) is 0 Å². The van der Waals surface area contributed by atoms with Gasteiger partial charge in [0.2, 0.25) is 5.91 Å². The highest BCUT2D eigenvalue weighted by molar-refractivity contribution is 5.78. The Morgan fingerprint density at radius 3 is 2.35 bits per heavy atom. The first kappa shape index (κ1) is 12.8. The van der Waals surface area contributed by atoms with E-state index in [1.165, 1.54) is 19.3 Å². The molecule has 0 unspecified atom stereocenters. The van der Waals surface area contributed by atoms with Gasteiger partial charge in [-0.15, -0.1) is 0 Å². The van der Waals surface area contributed by atoms with Crippen molar-refractivity contribution in [2.24, 2.45) is 11.8 Å². The van der Waals surface area contributed by atoms with E-state index < -0.39 is 0 Å². The van der Waals surface area contributed by atoms with Gasteiger partial charge in [-0.3, -0.25) is 10.2 Å². The first-order valence-corrected chi connectivity index (χ1v) is 6.96. The SMILES string of the molecule is O=C(NN1CCC(CO)CC1)C1CCCCC1. The summed E-state index contributed by atoms with van der Waals surface area (Å²) < 4.78 is 0. The minimum absolute atomic E-state index is 0.215. The number of carbonyl (C=O) groups excluding carboxylic acids is 1. The van der Waals surface area contributed by atoms with E-state index >= 15 is 0 Å². The van der Waals surface area contributed by atoms with E-state index in [-0.39, 0.29) is 18.4 Å². The van der Waals surface area contributed by atoms with Crippen molar-refractivity contribution in [1.29, 1.82) is 0 Å². The predicted octanol–water partition coefficient (Wildman–Crippen LogP) is 1.30. The first-order valence-electron chi connectivity index (χ1n) is 6.96. The molecule has 1 saturated heterocycles. The summed E-state index contributed by atoms with van der Waals surface area (Å²) in [7, 11) is 0. The minimum Gasteiger partial charge on any atom is -0.396 e. The molecule has 0 bridgehead atoms. The van der Waals surface area contributed by atoms with Crippen LogP contribution in [0.25, 0.3) is 0 Å². The topological polar surface area (TPSA) is 52.6 Å². The summed E-state index contributed by atoms with van der Waals surface area (Å²) in [6.45, 7) is 2.04. The van der Waals surface area contributed by atoms with Crippen LogP contribution >= 0.6 is 0 Å².